The second-order valence-corrected chi connectivity index (χ2v) is 7.62. The van der Waals surface area contributed by atoms with Crippen LogP contribution in [0.25, 0.3) is 11.0 Å². The van der Waals surface area contributed by atoms with Crippen LogP contribution >= 0.6 is 23.2 Å². The van der Waals surface area contributed by atoms with Gasteiger partial charge in [0.15, 0.2) is 5.75 Å². The van der Waals surface area contributed by atoms with Gasteiger partial charge < -0.3 is 9.84 Å². The fourth-order valence-electron chi connectivity index (χ4n) is 3.57. The molecule has 0 aliphatic heterocycles. The quantitative estimate of drug-likeness (QED) is 0.516. The normalized spacial score (nSPS) is 11.6. The zero-order valence-electron chi connectivity index (χ0n) is 16.0. The Morgan fingerprint density at radius 2 is 1.89 bits per heavy atom. The van der Waals surface area contributed by atoms with E-state index in [0.717, 1.165) is 35.0 Å². The van der Waals surface area contributed by atoms with E-state index in [1.807, 2.05) is 24.6 Å². The number of halogens is 2. The van der Waals surface area contributed by atoms with Gasteiger partial charge >= 0.3 is 6.01 Å². The van der Waals surface area contributed by atoms with Crippen molar-refractivity contribution in [3.05, 3.63) is 51.0 Å². The van der Waals surface area contributed by atoms with E-state index in [9.17, 15) is 5.11 Å². The molecule has 0 fully saturated rings. The van der Waals surface area contributed by atoms with E-state index >= 15 is 0 Å². The number of benzene rings is 2. The molecule has 2 aromatic carbocycles. The summed E-state index contributed by atoms with van der Waals surface area (Å²) in [4.78, 5) is 4.68. The maximum atomic E-state index is 9.76. The van der Waals surface area contributed by atoms with Crippen LogP contribution in [0.4, 0.5) is 0 Å². The van der Waals surface area contributed by atoms with E-state index < -0.39 is 0 Å². The second-order valence-electron chi connectivity index (χ2n) is 6.77. The highest BCUT2D eigenvalue weighted by Crippen LogP contribution is 2.38. The molecule has 1 N–H and O–H groups in total. The predicted octanol–water partition coefficient (Wildman–Crippen LogP) is 6.38. The molecule has 0 aliphatic rings. The third-order valence-electron chi connectivity index (χ3n) is 5.08. The molecule has 0 saturated carbocycles. The lowest BCUT2D eigenvalue weighted by Crippen LogP contribution is -2.02. The molecule has 4 nitrogen and oxygen atoms in total. The van der Waals surface area contributed by atoms with Crippen molar-refractivity contribution in [1.82, 2.24) is 9.55 Å². The Bertz CT molecular complexity index is 955. The van der Waals surface area contributed by atoms with Gasteiger partial charge in [0.25, 0.3) is 0 Å². The number of hydrogen-bond donors (Lipinski definition) is 1. The van der Waals surface area contributed by atoms with Crippen LogP contribution in [0.1, 0.15) is 49.3 Å². The molecule has 1 aromatic heterocycles. The Morgan fingerprint density at radius 3 is 2.48 bits per heavy atom. The highest BCUT2D eigenvalue weighted by Gasteiger charge is 2.21. The number of aryl methyl sites for hydroxylation is 2. The molecule has 0 aliphatic carbocycles. The van der Waals surface area contributed by atoms with Gasteiger partial charge in [-0.05, 0) is 48.9 Å². The smallest absolute Gasteiger partial charge is 0.302 e. The second kappa shape index (κ2) is 8.09. The lowest BCUT2D eigenvalue weighted by Gasteiger charge is -2.16. The first kappa shape index (κ1) is 20.0. The van der Waals surface area contributed by atoms with Gasteiger partial charge in [0.1, 0.15) is 0 Å². The summed E-state index contributed by atoms with van der Waals surface area (Å²) < 4.78 is 8.03. The van der Waals surface area contributed by atoms with Crippen LogP contribution in [0.15, 0.2) is 24.3 Å². The van der Waals surface area contributed by atoms with Crippen molar-refractivity contribution in [2.24, 2.45) is 7.05 Å². The van der Waals surface area contributed by atoms with Gasteiger partial charge in [-0.15, -0.1) is 0 Å². The van der Waals surface area contributed by atoms with Crippen LogP contribution in [-0.2, 0) is 13.7 Å². The van der Waals surface area contributed by atoms with Crippen molar-refractivity contribution in [3.63, 3.8) is 0 Å². The molecular weight excluding hydrogens is 383 g/mol. The Labute approximate surface area is 169 Å². The van der Waals surface area contributed by atoms with Crippen molar-refractivity contribution >= 4 is 34.2 Å². The van der Waals surface area contributed by atoms with Crippen molar-refractivity contribution in [3.8, 4) is 11.8 Å². The summed E-state index contributed by atoms with van der Waals surface area (Å²) >= 11 is 12.4. The summed E-state index contributed by atoms with van der Waals surface area (Å²) in [6.45, 7) is 6.19. The number of aliphatic hydroxyl groups is 1. The van der Waals surface area contributed by atoms with Gasteiger partial charge in [0, 0.05) is 17.6 Å². The number of rotatable bonds is 6. The molecular formula is C21H24Cl2N2O2. The standard InChI is InChI=1S/C21H24Cl2N2O2/c1-5-13(6-2)16-8-7-14(11-26)18-19(16)25(4)21(24-18)27-20-12(3)9-15(22)10-17(20)23/h7-10,13,26H,5-6,11H2,1-4H3. The minimum Gasteiger partial charge on any atom is -0.424 e. The van der Waals surface area contributed by atoms with E-state index in [4.69, 9.17) is 27.9 Å². The van der Waals surface area contributed by atoms with Gasteiger partial charge in [0.2, 0.25) is 0 Å². The number of fused-ring (bicyclic) bond motifs is 1. The maximum absolute atomic E-state index is 9.76. The number of aromatic nitrogens is 2. The third-order valence-corrected chi connectivity index (χ3v) is 5.58. The molecule has 0 radical (unpaired) electrons. The van der Waals surface area contributed by atoms with Crippen LogP contribution in [0.5, 0.6) is 11.8 Å². The van der Waals surface area contributed by atoms with E-state index in [2.05, 4.69) is 24.9 Å². The Morgan fingerprint density at radius 1 is 1.19 bits per heavy atom. The van der Waals surface area contributed by atoms with Gasteiger partial charge in [-0.3, -0.25) is 4.57 Å². The molecule has 0 saturated heterocycles. The first-order chi connectivity index (χ1) is 12.9. The summed E-state index contributed by atoms with van der Waals surface area (Å²) in [5.41, 5.74) is 4.59. The van der Waals surface area contributed by atoms with E-state index in [1.54, 1.807) is 12.1 Å². The predicted molar refractivity (Wildman–Crippen MR) is 111 cm³/mol. The fourth-order valence-corrected chi connectivity index (χ4v) is 4.20. The minimum absolute atomic E-state index is 0.0725. The summed E-state index contributed by atoms with van der Waals surface area (Å²) in [7, 11) is 1.93. The topological polar surface area (TPSA) is 47.3 Å². The molecule has 0 spiro atoms. The average molecular weight is 407 g/mol. The van der Waals surface area contributed by atoms with Gasteiger partial charge in [0.05, 0.1) is 22.7 Å². The molecule has 3 aromatic rings. The molecule has 0 atom stereocenters. The summed E-state index contributed by atoms with van der Waals surface area (Å²) in [5.74, 6) is 0.957. The van der Waals surface area contributed by atoms with Crippen LogP contribution in [0.3, 0.4) is 0 Å². The number of hydrogen-bond acceptors (Lipinski definition) is 3. The largest absolute Gasteiger partial charge is 0.424 e. The van der Waals surface area contributed by atoms with Crippen molar-refractivity contribution in [2.75, 3.05) is 0 Å². The lowest BCUT2D eigenvalue weighted by atomic mass is 9.92. The summed E-state index contributed by atoms with van der Waals surface area (Å²) in [6.07, 6.45) is 2.07. The summed E-state index contributed by atoms with van der Waals surface area (Å²) in [5, 5.41) is 10.8. The molecule has 1 heterocycles. The molecule has 0 unspecified atom stereocenters. The molecule has 6 heteroatoms. The van der Waals surface area contributed by atoms with Crippen LogP contribution < -0.4 is 4.74 Å². The fraction of sp³-hybridized carbons (Fsp3) is 0.381. The average Bonchev–Trinajstić information content (AvgIpc) is 2.96. The van der Waals surface area contributed by atoms with Crippen LogP contribution in [0.2, 0.25) is 10.0 Å². The highest BCUT2D eigenvalue weighted by atomic mass is 35.5. The molecule has 144 valence electrons. The zero-order chi connectivity index (χ0) is 19.7. The van der Waals surface area contributed by atoms with Crippen LogP contribution in [0, 0.1) is 6.92 Å². The van der Waals surface area contributed by atoms with Crippen molar-refractivity contribution < 1.29 is 9.84 Å². The SMILES string of the molecule is CCC(CC)c1ccc(CO)c2nc(Oc3c(C)cc(Cl)cc3Cl)n(C)c12. The third kappa shape index (κ3) is 3.66. The lowest BCUT2D eigenvalue weighted by molar-refractivity contribution is 0.283. The van der Waals surface area contributed by atoms with Crippen molar-refractivity contribution in [1.29, 1.82) is 0 Å². The number of aliphatic hydroxyl groups excluding tert-OH is 1. The monoisotopic (exact) mass is 406 g/mol. The van der Waals surface area contributed by atoms with E-state index in [0.29, 0.717) is 27.7 Å². The van der Waals surface area contributed by atoms with E-state index in [-0.39, 0.29) is 6.61 Å². The summed E-state index contributed by atoms with van der Waals surface area (Å²) in [6, 6.07) is 7.94. The highest BCUT2D eigenvalue weighted by molar-refractivity contribution is 6.35. The first-order valence-electron chi connectivity index (χ1n) is 9.13. The number of ether oxygens (including phenoxy) is 1. The molecule has 0 bridgehead atoms. The Kier molecular flexibility index (Phi) is 5.99. The van der Waals surface area contributed by atoms with Crippen molar-refractivity contribution in [2.45, 2.75) is 46.1 Å². The molecule has 27 heavy (non-hydrogen) atoms. The molecule has 0 amide bonds. The van der Waals surface area contributed by atoms with Gasteiger partial charge in [-0.25, -0.2) is 0 Å². The Hall–Kier alpha value is -1.75. The maximum Gasteiger partial charge on any atom is 0.302 e. The van der Waals surface area contributed by atoms with E-state index in [1.165, 1.54) is 5.56 Å². The number of nitrogens with zero attached hydrogens (tertiary/aromatic N) is 2. The minimum atomic E-state index is -0.0725. The zero-order valence-corrected chi connectivity index (χ0v) is 17.5. The van der Waals surface area contributed by atoms with Crippen LogP contribution in [-0.4, -0.2) is 14.7 Å². The Balaban J connectivity index is 2.18. The first-order valence-corrected chi connectivity index (χ1v) is 9.89. The number of imidazole rings is 1. The van der Waals surface area contributed by atoms with Gasteiger partial charge in [-0.2, -0.15) is 4.98 Å². The molecule has 3 rings (SSSR count). The van der Waals surface area contributed by atoms with Gasteiger partial charge in [-0.1, -0.05) is 49.2 Å².